The van der Waals surface area contributed by atoms with E-state index in [9.17, 15) is 9.59 Å². The first-order valence-corrected chi connectivity index (χ1v) is 6.46. The summed E-state index contributed by atoms with van der Waals surface area (Å²) in [5.41, 5.74) is 1.11. The Kier molecular flexibility index (Phi) is 4.62. The number of aromatic nitrogens is 2. The fourth-order valence-corrected chi connectivity index (χ4v) is 2.04. The molecule has 0 bridgehead atoms. The van der Waals surface area contributed by atoms with Gasteiger partial charge >= 0.3 is 0 Å². The normalized spacial score (nSPS) is 15.3. The largest absolute Gasteiger partial charge is 0.375 e. The number of hydrogen-bond acceptors (Lipinski definition) is 5. The van der Waals surface area contributed by atoms with Crippen LogP contribution in [0.15, 0.2) is 12.4 Å². The minimum absolute atomic E-state index is 0.0465. The molecule has 0 saturated carbocycles. The van der Waals surface area contributed by atoms with Crippen LogP contribution in [0.2, 0.25) is 0 Å². The monoisotopic (exact) mass is 278 g/mol. The van der Waals surface area contributed by atoms with E-state index in [1.54, 1.807) is 16.0 Å². The minimum Gasteiger partial charge on any atom is -0.375 e. The second kappa shape index (κ2) is 6.42. The number of ether oxygens (including phenoxy) is 1. The predicted molar refractivity (Wildman–Crippen MR) is 71.1 cm³/mol. The number of amides is 2. The van der Waals surface area contributed by atoms with E-state index in [1.807, 2.05) is 6.92 Å². The molecule has 0 atom stereocenters. The highest BCUT2D eigenvalue weighted by molar-refractivity contribution is 5.92. The van der Waals surface area contributed by atoms with Crippen LogP contribution in [-0.2, 0) is 9.53 Å². The Hall–Kier alpha value is -2.02. The van der Waals surface area contributed by atoms with E-state index < -0.39 is 0 Å². The maximum Gasteiger partial charge on any atom is 0.274 e. The van der Waals surface area contributed by atoms with Gasteiger partial charge in [-0.3, -0.25) is 14.6 Å². The molecule has 0 aromatic carbocycles. The SMILES string of the molecule is COCC(=O)N1CCN(C(=O)c2cnc(C)cn2)CC1. The van der Waals surface area contributed by atoms with Crippen LogP contribution in [0.3, 0.4) is 0 Å². The number of carbonyl (C=O) groups excluding carboxylic acids is 2. The number of hydrogen-bond donors (Lipinski definition) is 0. The molecule has 2 amide bonds. The Morgan fingerprint density at radius 3 is 2.35 bits per heavy atom. The fraction of sp³-hybridized carbons (Fsp3) is 0.538. The molecule has 0 N–H and O–H groups in total. The van der Waals surface area contributed by atoms with Crippen molar-refractivity contribution in [2.75, 3.05) is 39.9 Å². The molecule has 1 fully saturated rings. The third kappa shape index (κ3) is 3.30. The van der Waals surface area contributed by atoms with Crippen molar-refractivity contribution < 1.29 is 14.3 Å². The van der Waals surface area contributed by atoms with Crippen molar-refractivity contribution in [3.05, 3.63) is 23.8 Å². The van der Waals surface area contributed by atoms with Crippen molar-refractivity contribution in [3.63, 3.8) is 0 Å². The van der Waals surface area contributed by atoms with Crippen molar-refractivity contribution in [3.8, 4) is 0 Å². The highest BCUT2D eigenvalue weighted by Crippen LogP contribution is 2.07. The smallest absolute Gasteiger partial charge is 0.274 e. The number of methoxy groups -OCH3 is 1. The number of rotatable bonds is 3. The van der Waals surface area contributed by atoms with Gasteiger partial charge in [0.05, 0.1) is 11.9 Å². The van der Waals surface area contributed by atoms with E-state index >= 15 is 0 Å². The van der Waals surface area contributed by atoms with E-state index in [-0.39, 0.29) is 18.4 Å². The van der Waals surface area contributed by atoms with E-state index in [1.165, 1.54) is 13.3 Å². The van der Waals surface area contributed by atoms with Gasteiger partial charge in [0.25, 0.3) is 5.91 Å². The van der Waals surface area contributed by atoms with Gasteiger partial charge in [-0.25, -0.2) is 4.98 Å². The number of carbonyl (C=O) groups is 2. The van der Waals surface area contributed by atoms with Crippen molar-refractivity contribution in [2.45, 2.75) is 6.92 Å². The van der Waals surface area contributed by atoms with Gasteiger partial charge in [-0.1, -0.05) is 0 Å². The average molecular weight is 278 g/mol. The molecule has 1 aromatic rings. The molecule has 2 rings (SSSR count). The van der Waals surface area contributed by atoms with Crippen molar-refractivity contribution in [1.82, 2.24) is 19.8 Å². The highest BCUT2D eigenvalue weighted by Gasteiger charge is 2.25. The van der Waals surface area contributed by atoms with Crippen LogP contribution >= 0.6 is 0 Å². The van der Waals surface area contributed by atoms with Crippen LogP contribution in [0.1, 0.15) is 16.2 Å². The fourth-order valence-electron chi connectivity index (χ4n) is 2.04. The summed E-state index contributed by atoms with van der Waals surface area (Å²) < 4.78 is 4.82. The molecule has 0 unspecified atom stereocenters. The lowest BCUT2D eigenvalue weighted by molar-refractivity contribution is -0.136. The third-order valence-electron chi connectivity index (χ3n) is 3.19. The Bertz CT molecular complexity index is 481. The zero-order valence-electron chi connectivity index (χ0n) is 11.7. The summed E-state index contributed by atoms with van der Waals surface area (Å²) in [6, 6.07) is 0. The molecule has 20 heavy (non-hydrogen) atoms. The molecular weight excluding hydrogens is 260 g/mol. The Labute approximate surface area is 117 Å². The summed E-state index contributed by atoms with van der Waals surface area (Å²) in [6.07, 6.45) is 3.06. The van der Waals surface area contributed by atoms with Gasteiger partial charge in [-0.05, 0) is 6.92 Å². The predicted octanol–water partition coefficient (Wildman–Crippen LogP) is -0.284. The molecule has 0 spiro atoms. The second-order valence-electron chi connectivity index (χ2n) is 4.65. The molecule has 1 aliphatic heterocycles. The van der Waals surface area contributed by atoms with Gasteiger partial charge in [-0.15, -0.1) is 0 Å². The first kappa shape index (κ1) is 14.4. The molecule has 108 valence electrons. The standard InChI is InChI=1S/C13H18N4O3/c1-10-7-15-11(8-14-10)13(19)17-5-3-16(4-6-17)12(18)9-20-2/h7-8H,3-6,9H2,1-2H3. The van der Waals surface area contributed by atoms with Gasteiger partial charge in [0.1, 0.15) is 12.3 Å². The summed E-state index contributed by atoms with van der Waals surface area (Å²) in [5.74, 6) is -0.189. The van der Waals surface area contributed by atoms with Crippen molar-refractivity contribution in [2.24, 2.45) is 0 Å². The topological polar surface area (TPSA) is 75.6 Å². The van der Waals surface area contributed by atoms with Crippen molar-refractivity contribution in [1.29, 1.82) is 0 Å². The van der Waals surface area contributed by atoms with E-state index in [0.717, 1.165) is 5.69 Å². The quantitative estimate of drug-likeness (QED) is 0.760. The molecule has 7 heteroatoms. The number of piperazine rings is 1. The number of nitrogens with zero attached hydrogens (tertiary/aromatic N) is 4. The second-order valence-corrected chi connectivity index (χ2v) is 4.65. The van der Waals surface area contributed by atoms with Crippen LogP contribution in [0.4, 0.5) is 0 Å². The third-order valence-corrected chi connectivity index (χ3v) is 3.19. The van der Waals surface area contributed by atoms with Crippen LogP contribution < -0.4 is 0 Å². The first-order chi connectivity index (χ1) is 9.61. The molecule has 1 aliphatic rings. The van der Waals surface area contributed by atoms with Crippen LogP contribution in [0.25, 0.3) is 0 Å². The molecule has 1 saturated heterocycles. The van der Waals surface area contributed by atoms with Crippen molar-refractivity contribution >= 4 is 11.8 Å². The lowest BCUT2D eigenvalue weighted by Gasteiger charge is -2.34. The molecule has 7 nitrogen and oxygen atoms in total. The summed E-state index contributed by atoms with van der Waals surface area (Å²) in [4.78, 5) is 35.4. The zero-order valence-corrected chi connectivity index (χ0v) is 11.7. The molecule has 2 heterocycles. The Morgan fingerprint density at radius 2 is 1.80 bits per heavy atom. The van der Waals surface area contributed by atoms with Gasteiger partial charge in [0.2, 0.25) is 5.91 Å². The Balaban J connectivity index is 1.92. The van der Waals surface area contributed by atoms with Crippen LogP contribution in [0.5, 0.6) is 0 Å². The zero-order chi connectivity index (χ0) is 14.5. The van der Waals surface area contributed by atoms with E-state index in [4.69, 9.17) is 4.74 Å². The lowest BCUT2D eigenvalue weighted by Crippen LogP contribution is -2.51. The lowest BCUT2D eigenvalue weighted by atomic mass is 10.2. The average Bonchev–Trinajstić information content (AvgIpc) is 2.48. The summed E-state index contributed by atoms with van der Waals surface area (Å²) in [7, 11) is 1.49. The number of aryl methyl sites for hydroxylation is 1. The molecule has 0 aliphatic carbocycles. The van der Waals surface area contributed by atoms with Crippen LogP contribution in [0, 0.1) is 6.92 Å². The first-order valence-electron chi connectivity index (χ1n) is 6.46. The van der Waals surface area contributed by atoms with E-state index in [2.05, 4.69) is 9.97 Å². The van der Waals surface area contributed by atoms with Gasteiger partial charge in [0, 0.05) is 39.5 Å². The van der Waals surface area contributed by atoms with Crippen LogP contribution in [-0.4, -0.2) is 71.5 Å². The summed E-state index contributed by atoms with van der Waals surface area (Å²) >= 11 is 0. The summed E-state index contributed by atoms with van der Waals surface area (Å²) in [5, 5.41) is 0. The highest BCUT2D eigenvalue weighted by atomic mass is 16.5. The maximum absolute atomic E-state index is 12.2. The minimum atomic E-state index is -0.142. The molecule has 0 radical (unpaired) electrons. The van der Waals surface area contributed by atoms with Gasteiger partial charge in [-0.2, -0.15) is 0 Å². The Morgan fingerprint density at radius 1 is 1.15 bits per heavy atom. The summed E-state index contributed by atoms with van der Waals surface area (Å²) in [6.45, 7) is 3.95. The molecular formula is C13H18N4O3. The van der Waals surface area contributed by atoms with Gasteiger partial charge in [0.15, 0.2) is 0 Å². The van der Waals surface area contributed by atoms with Gasteiger partial charge < -0.3 is 14.5 Å². The van der Waals surface area contributed by atoms with E-state index in [0.29, 0.717) is 31.9 Å². The molecule has 1 aromatic heterocycles. The maximum atomic E-state index is 12.2.